The number of ether oxygens (including phenoxy) is 1. The molecule has 1 saturated heterocycles. The molecule has 29 heavy (non-hydrogen) atoms. The highest BCUT2D eigenvalue weighted by Crippen LogP contribution is 2.30. The van der Waals surface area contributed by atoms with E-state index in [4.69, 9.17) is 4.74 Å². The Morgan fingerprint density at radius 2 is 1.86 bits per heavy atom. The third-order valence-electron chi connectivity index (χ3n) is 5.27. The molecule has 1 aromatic heterocycles. The summed E-state index contributed by atoms with van der Waals surface area (Å²) in [7, 11) is 0. The highest BCUT2D eigenvalue weighted by molar-refractivity contribution is 5.66. The summed E-state index contributed by atoms with van der Waals surface area (Å²) in [6.07, 6.45) is 4.27. The minimum atomic E-state index is -0.936. The number of nitrogens with one attached hydrogen (secondary N) is 1. The molecule has 1 atom stereocenters. The van der Waals surface area contributed by atoms with Crippen LogP contribution in [0.1, 0.15) is 52.2 Å². The molecule has 0 saturated carbocycles. The van der Waals surface area contributed by atoms with Crippen molar-refractivity contribution in [2.45, 2.75) is 64.6 Å². The molecule has 0 aliphatic carbocycles. The Hall–Kier alpha value is -2.67. The smallest absolute Gasteiger partial charge is 0.409 e. The van der Waals surface area contributed by atoms with Crippen LogP contribution in [0, 0.1) is 0 Å². The first kappa shape index (κ1) is 21.0. The second kappa shape index (κ2) is 7.99. The molecule has 7 heteroatoms. The quantitative estimate of drug-likeness (QED) is 0.767. The molecule has 2 N–H and O–H groups in total. The molecule has 1 unspecified atom stereocenters. The number of hydrogen-bond acceptors (Lipinski definition) is 5. The maximum atomic E-state index is 11.6. The normalized spacial score (nSPS) is 18.7. The van der Waals surface area contributed by atoms with Gasteiger partial charge in [0.1, 0.15) is 5.72 Å². The van der Waals surface area contributed by atoms with Crippen LogP contribution in [-0.4, -0.2) is 44.4 Å². The van der Waals surface area contributed by atoms with Crippen LogP contribution < -0.4 is 5.32 Å². The van der Waals surface area contributed by atoms with Crippen molar-refractivity contribution in [3.05, 3.63) is 47.8 Å². The summed E-state index contributed by atoms with van der Waals surface area (Å²) >= 11 is 0. The van der Waals surface area contributed by atoms with Gasteiger partial charge in [-0.3, -0.25) is 4.90 Å². The van der Waals surface area contributed by atoms with Crippen LogP contribution in [0.2, 0.25) is 0 Å². The number of anilines is 2. The van der Waals surface area contributed by atoms with E-state index in [0.29, 0.717) is 12.6 Å². The molecular formula is C22H30N4O3. The van der Waals surface area contributed by atoms with Gasteiger partial charge < -0.3 is 15.2 Å². The fraction of sp³-hybridized carbons (Fsp3) is 0.500. The highest BCUT2D eigenvalue weighted by atomic mass is 16.5. The summed E-state index contributed by atoms with van der Waals surface area (Å²) < 4.78 is 5.65. The monoisotopic (exact) mass is 398 g/mol. The number of hydrogen-bond donors (Lipinski definition) is 2. The molecule has 1 aliphatic heterocycles. The van der Waals surface area contributed by atoms with Crippen LogP contribution in [0.25, 0.3) is 0 Å². The van der Waals surface area contributed by atoms with E-state index in [-0.39, 0.29) is 11.5 Å². The van der Waals surface area contributed by atoms with Gasteiger partial charge in [-0.15, -0.1) is 0 Å². The van der Waals surface area contributed by atoms with Crippen molar-refractivity contribution in [1.29, 1.82) is 0 Å². The largest absolute Gasteiger partial charge is 0.465 e. The van der Waals surface area contributed by atoms with Crippen molar-refractivity contribution < 1.29 is 14.6 Å². The number of rotatable bonds is 5. The van der Waals surface area contributed by atoms with E-state index in [1.165, 1.54) is 4.90 Å². The van der Waals surface area contributed by atoms with Gasteiger partial charge in [-0.25, -0.2) is 14.8 Å². The lowest BCUT2D eigenvalue weighted by molar-refractivity contribution is -0.0421. The molecule has 0 radical (unpaired) electrons. The number of carboxylic acid groups (broad SMARTS) is 1. The van der Waals surface area contributed by atoms with Crippen LogP contribution in [0.5, 0.6) is 0 Å². The second-order valence-electron chi connectivity index (χ2n) is 8.97. The Morgan fingerprint density at radius 1 is 1.24 bits per heavy atom. The van der Waals surface area contributed by atoms with Crippen LogP contribution >= 0.6 is 0 Å². The van der Waals surface area contributed by atoms with Crippen molar-refractivity contribution in [1.82, 2.24) is 14.9 Å². The third-order valence-corrected chi connectivity index (χ3v) is 5.27. The zero-order valence-electron chi connectivity index (χ0n) is 17.8. The first-order chi connectivity index (χ1) is 13.6. The predicted octanol–water partition coefficient (Wildman–Crippen LogP) is 4.57. The Morgan fingerprint density at radius 3 is 2.41 bits per heavy atom. The van der Waals surface area contributed by atoms with E-state index in [1.807, 2.05) is 36.7 Å². The van der Waals surface area contributed by atoms with Crippen molar-refractivity contribution in [3.63, 3.8) is 0 Å². The lowest BCUT2D eigenvalue weighted by Crippen LogP contribution is -2.47. The summed E-state index contributed by atoms with van der Waals surface area (Å²) in [5.74, 6) is 0.563. The van der Waals surface area contributed by atoms with Crippen molar-refractivity contribution in [2.75, 3.05) is 11.9 Å². The Labute approximate surface area is 172 Å². The zero-order valence-corrected chi connectivity index (χ0v) is 17.8. The first-order valence-corrected chi connectivity index (χ1v) is 9.91. The van der Waals surface area contributed by atoms with Gasteiger partial charge in [-0.05, 0) is 55.4 Å². The highest BCUT2D eigenvalue weighted by Gasteiger charge is 2.43. The molecule has 0 bridgehead atoms. The first-order valence-electron chi connectivity index (χ1n) is 9.91. The van der Waals surface area contributed by atoms with Gasteiger partial charge in [-0.2, -0.15) is 0 Å². The van der Waals surface area contributed by atoms with Crippen molar-refractivity contribution >= 4 is 17.7 Å². The number of benzene rings is 1. The van der Waals surface area contributed by atoms with Crippen LogP contribution in [-0.2, 0) is 16.6 Å². The van der Waals surface area contributed by atoms with Crippen LogP contribution in [0.15, 0.2) is 36.7 Å². The minimum absolute atomic E-state index is 0.0238. The molecule has 1 fully saturated rings. The summed E-state index contributed by atoms with van der Waals surface area (Å²) in [4.78, 5) is 21.8. The average molecular weight is 399 g/mol. The SMILES string of the molecule is CC(C)(C)c1cnc(Nc2ccc(CCC3COC(C)(C)N3C(=O)O)cc2)nc1. The molecule has 3 rings (SSSR count). The van der Waals surface area contributed by atoms with Crippen molar-refractivity contribution in [3.8, 4) is 0 Å². The molecule has 7 nitrogen and oxygen atoms in total. The Kier molecular flexibility index (Phi) is 5.80. The molecule has 0 spiro atoms. The van der Waals surface area contributed by atoms with Crippen LogP contribution in [0.4, 0.5) is 16.4 Å². The molecule has 1 aromatic carbocycles. The number of amides is 1. The maximum Gasteiger partial charge on any atom is 0.409 e. The minimum Gasteiger partial charge on any atom is -0.465 e. The Bertz CT molecular complexity index is 842. The van der Waals surface area contributed by atoms with Gasteiger partial charge in [0.25, 0.3) is 0 Å². The topological polar surface area (TPSA) is 87.6 Å². The average Bonchev–Trinajstić information content (AvgIpc) is 2.95. The zero-order chi connectivity index (χ0) is 21.2. The lowest BCUT2D eigenvalue weighted by Gasteiger charge is -2.30. The summed E-state index contributed by atoms with van der Waals surface area (Å²) in [6, 6.07) is 7.92. The van der Waals surface area contributed by atoms with E-state index in [0.717, 1.165) is 29.7 Å². The van der Waals surface area contributed by atoms with Gasteiger partial charge in [0.05, 0.1) is 12.6 Å². The lowest BCUT2D eigenvalue weighted by atomic mass is 9.89. The van der Waals surface area contributed by atoms with Crippen LogP contribution in [0.3, 0.4) is 0 Å². The second-order valence-corrected chi connectivity index (χ2v) is 8.97. The molecule has 1 amide bonds. The maximum absolute atomic E-state index is 11.6. The van der Waals surface area contributed by atoms with Gasteiger partial charge in [-0.1, -0.05) is 32.9 Å². The van der Waals surface area contributed by atoms with E-state index in [2.05, 4.69) is 36.1 Å². The molecule has 1 aliphatic rings. The molecule has 156 valence electrons. The number of aryl methyl sites for hydroxylation is 1. The van der Waals surface area contributed by atoms with E-state index in [9.17, 15) is 9.90 Å². The number of carbonyl (C=O) groups is 1. The fourth-order valence-electron chi connectivity index (χ4n) is 3.48. The van der Waals surface area contributed by atoms with Gasteiger partial charge >= 0.3 is 6.09 Å². The standard InChI is InChI=1S/C22H30N4O3/c1-21(2,3)16-12-23-19(24-13-16)25-17-9-6-15(7-10-17)8-11-18-14-29-22(4,5)26(18)20(27)28/h6-7,9-10,12-13,18H,8,11,14H2,1-5H3,(H,27,28)(H,23,24,25). The third kappa shape index (κ3) is 5.03. The molecular weight excluding hydrogens is 368 g/mol. The van der Waals surface area contributed by atoms with Gasteiger partial charge in [0, 0.05) is 18.1 Å². The number of nitrogens with zero attached hydrogens (tertiary/aromatic N) is 3. The fourth-order valence-corrected chi connectivity index (χ4v) is 3.48. The summed E-state index contributed by atoms with van der Waals surface area (Å²) in [5.41, 5.74) is 2.40. The molecule has 2 heterocycles. The summed E-state index contributed by atoms with van der Waals surface area (Å²) in [5, 5.41) is 12.7. The summed E-state index contributed by atoms with van der Waals surface area (Å²) in [6.45, 7) is 10.4. The molecule has 2 aromatic rings. The van der Waals surface area contributed by atoms with E-state index < -0.39 is 11.8 Å². The van der Waals surface area contributed by atoms with E-state index >= 15 is 0 Å². The Balaban J connectivity index is 1.57. The predicted molar refractivity (Wildman–Crippen MR) is 112 cm³/mol. The van der Waals surface area contributed by atoms with E-state index in [1.54, 1.807) is 13.8 Å². The number of aromatic nitrogens is 2. The van der Waals surface area contributed by atoms with Crippen molar-refractivity contribution in [2.24, 2.45) is 0 Å². The van der Waals surface area contributed by atoms with Gasteiger partial charge in [0.15, 0.2) is 0 Å². The van der Waals surface area contributed by atoms with Gasteiger partial charge in [0.2, 0.25) is 5.95 Å².